The molecule has 4 nitrogen and oxygen atoms in total. The van der Waals surface area contributed by atoms with Crippen LogP contribution in [0.15, 0.2) is 0 Å². The molecular formula is C10H22N2O2. The Hall–Kier alpha value is -0.610. The topological polar surface area (TPSA) is 64.3 Å². The number of carbonyl (C=O) groups is 1. The lowest BCUT2D eigenvalue weighted by Gasteiger charge is -2.09. The van der Waals surface area contributed by atoms with Crippen molar-refractivity contribution in [1.82, 2.24) is 5.32 Å². The Labute approximate surface area is 86.2 Å². The molecule has 1 atom stereocenters. The Balaban J connectivity index is 3.23. The molecule has 0 aromatic rings. The van der Waals surface area contributed by atoms with Gasteiger partial charge in [0.1, 0.15) is 0 Å². The highest BCUT2D eigenvalue weighted by Crippen LogP contribution is 1.90. The average molecular weight is 202 g/mol. The summed E-state index contributed by atoms with van der Waals surface area (Å²) in [5, 5.41) is 2.77. The predicted molar refractivity (Wildman–Crippen MR) is 57.0 cm³/mol. The first kappa shape index (κ1) is 13.4. The first-order chi connectivity index (χ1) is 6.72. The smallest absolute Gasteiger partial charge is 0.224 e. The van der Waals surface area contributed by atoms with Crippen molar-refractivity contribution in [3.05, 3.63) is 0 Å². The van der Waals surface area contributed by atoms with Gasteiger partial charge in [0, 0.05) is 25.6 Å². The van der Waals surface area contributed by atoms with Gasteiger partial charge >= 0.3 is 0 Å². The summed E-state index contributed by atoms with van der Waals surface area (Å²) in [5.74, 6) is -0.0998. The van der Waals surface area contributed by atoms with Gasteiger partial charge in [-0.3, -0.25) is 4.79 Å². The van der Waals surface area contributed by atoms with Gasteiger partial charge in [0.25, 0.3) is 0 Å². The minimum Gasteiger partial charge on any atom is -0.380 e. The summed E-state index contributed by atoms with van der Waals surface area (Å²) in [6.07, 6.45) is 2.21. The summed E-state index contributed by atoms with van der Waals surface area (Å²) in [4.78, 5) is 11.2. The van der Waals surface area contributed by atoms with Crippen LogP contribution in [0.1, 0.15) is 26.7 Å². The molecule has 0 rings (SSSR count). The number of hydrogen-bond acceptors (Lipinski definition) is 3. The molecule has 0 aliphatic rings. The van der Waals surface area contributed by atoms with Crippen LogP contribution in [0.25, 0.3) is 0 Å². The number of carbonyl (C=O) groups excluding carboxylic acids is 1. The van der Waals surface area contributed by atoms with E-state index in [9.17, 15) is 4.79 Å². The SMILES string of the molecule is CCCCOCCNC(=O)C(C)CN. The largest absolute Gasteiger partial charge is 0.380 e. The van der Waals surface area contributed by atoms with Crippen LogP contribution in [0.5, 0.6) is 0 Å². The lowest BCUT2D eigenvalue weighted by Crippen LogP contribution is -2.35. The van der Waals surface area contributed by atoms with E-state index < -0.39 is 0 Å². The van der Waals surface area contributed by atoms with E-state index in [1.165, 1.54) is 0 Å². The van der Waals surface area contributed by atoms with Crippen LogP contribution < -0.4 is 11.1 Å². The second-order valence-electron chi connectivity index (χ2n) is 3.39. The molecule has 0 spiro atoms. The lowest BCUT2D eigenvalue weighted by atomic mass is 10.2. The molecule has 0 aromatic carbocycles. The zero-order chi connectivity index (χ0) is 10.8. The highest BCUT2D eigenvalue weighted by molar-refractivity contribution is 5.78. The molecule has 0 bridgehead atoms. The van der Waals surface area contributed by atoms with E-state index in [-0.39, 0.29) is 11.8 Å². The standard InChI is InChI=1S/C10H22N2O2/c1-3-4-6-14-7-5-12-10(13)9(2)8-11/h9H,3-8,11H2,1-2H3,(H,12,13). The summed E-state index contributed by atoms with van der Waals surface area (Å²) < 4.78 is 5.29. The molecule has 84 valence electrons. The third-order valence-electron chi connectivity index (χ3n) is 1.99. The molecule has 1 unspecified atom stereocenters. The number of rotatable bonds is 8. The van der Waals surface area contributed by atoms with Crippen molar-refractivity contribution < 1.29 is 9.53 Å². The zero-order valence-electron chi connectivity index (χ0n) is 9.21. The fourth-order valence-corrected chi connectivity index (χ4v) is 0.876. The molecule has 0 aliphatic heterocycles. The molecule has 1 amide bonds. The molecule has 0 aliphatic carbocycles. The van der Waals surface area contributed by atoms with E-state index in [2.05, 4.69) is 12.2 Å². The maximum atomic E-state index is 11.2. The monoisotopic (exact) mass is 202 g/mol. The van der Waals surface area contributed by atoms with Crippen molar-refractivity contribution >= 4 is 5.91 Å². The molecule has 0 heterocycles. The van der Waals surface area contributed by atoms with E-state index in [4.69, 9.17) is 10.5 Å². The lowest BCUT2D eigenvalue weighted by molar-refractivity contribution is -0.124. The molecule has 0 saturated heterocycles. The summed E-state index contributed by atoms with van der Waals surface area (Å²) in [5.41, 5.74) is 5.35. The van der Waals surface area contributed by atoms with E-state index in [0.29, 0.717) is 19.7 Å². The third kappa shape index (κ3) is 6.86. The van der Waals surface area contributed by atoms with Crippen LogP contribution in [0.4, 0.5) is 0 Å². The quantitative estimate of drug-likeness (QED) is 0.564. The molecule has 0 fully saturated rings. The van der Waals surface area contributed by atoms with Gasteiger partial charge in [-0.2, -0.15) is 0 Å². The van der Waals surface area contributed by atoms with Gasteiger partial charge in [0.2, 0.25) is 5.91 Å². The van der Waals surface area contributed by atoms with Crippen LogP contribution >= 0.6 is 0 Å². The number of nitrogens with two attached hydrogens (primary N) is 1. The van der Waals surface area contributed by atoms with E-state index in [1.807, 2.05) is 6.92 Å². The van der Waals surface area contributed by atoms with Gasteiger partial charge in [-0.15, -0.1) is 0 Å². The predicted octanol–water partition coefficient (Wildman–Crippen LogP) is 0.514. The minimum absolute atomic E-state index is 0.00610. The maximum absolute atomic E-state index is 11.2. The van der Waals surface area contributed by atoms with Gasteiger partial charge < -0.3 is 15.8 Å². The molecule has 3 N–H and O–H groups in total. The Bertz CT molecular complexity index is 151. The summed E-state index contributed by atoms with van der Waals surface area (Å²) in [6.45, 7) is 6.26. The third-order valence-corrected chi connectivity index (χ3v) is 1.99. The first-order valence-corrected chi connectivity index (χ1v) is 5.27. The van der Waals surface area contributed by atoms with Gasteiger partial charge in [0.05, 0.1) is 6.61 Å². The number of nitrogens with one attached hydrogen (secondary N) is 1. The molecule has 4 heteroatoms. The summed E-state index contributed by atoms with van der Waals surface area (Å²) in [7, 11) is 0. The Kier molecular flexibility index (Phi) is 8.57. The van der Waals surface area contributed by atoms with Crippen LogP contribution in [0, 0.1) is 5.92 Å². The fraction of sp³-hybridized carbons (Fsp3) is 0.900. The maximum Gasteiger partial charge on any atom is 0.224 e. The van der Waals surface area contributed by atoms with Crippen LogP contribution in [-0.2, 0) is 9.53 Å². The van der Waals surface area contributed by atoms with Crippen molar-refractivity contribution in [2.45, 2.75) is 26.7 Å². The normalized spacial score (nSPS) is 12.5. The molecule has 0 saturated carbocycles. The Morgan fingerprint density at radius 1 is 1.50 bits per heavy atom. The van der Waals surface area contributed by atoms with Crippen molar-refractivity contribution in [2.75, 3.05) is 26.3 Å². The second kappa shape index (κ2) is 8.97. The molecule has 0 aromatic heterocycles. The van der Waals surface area contributed by atoms with Crippen molar-refractivity contribution in [1.29, 1.82) is 0 Å². The van der Waals surface area contributed by atoms with E-state index in [0.717, 1.165) is 19.4 Å². The average Bonchev–Trinajstić information content (AvgIpc) is 2.21. The Morgan fingerprint density at radius 2 is 2.21 bits per heavy atom. The van der Waals surface area contributed by atoms with Crippen molar-refractivity contribution in [2.24, 2.45) is 11.7 Å². The summed E-state index contributed by atoms with van der Waals surface area (Å²) in [6, 6.07) is 0. The van der Waals surface area contributed by atoms with Crippen molar-refractivity contribution in [3.63, 3.8) is 0 Å². The summed E-state index contributed by atoms with van der Waals surface area (Å²) >= 11 is 0. The van der Waals surface area contributed by atoms with Crippen LogP contribution in [0.3, 0.4) is 0 Å². The number of hydrogen-bond donors (Lipinski definition) is 2. The molecule has 0 radical (unpaired) electrons. The second-order valence-corrected chi connectivity index (χ2v) is 3.39. The van der Waals surface area contributed by atoms with E-state index in [1.54, 1.807) is 0 Å². The molecular weight excluding hydrogens is 180 g/mol. The number of ether oxygens (including phenoxy) is 1. The van der Waals surface area contributed by atoms with Crippen molar-refractivity contribution in [3.8, 4) is 0 Å². The van der Waals surface area contributed by atoms with Gasteiger partial charge in [-0.05, 0) is 6.42 Å². The number of unbranched alkanes of at least 4 members (excludes halogenated alkanes) is 1. The minimum atomic E-state index is -0.106. The first-order valence-electron chi connectivity index (χ1n) is 5.27. The van der Waals surface area contributed by atoms with Crippen LogP contribution in [0.2, 0.25) is 0 Å². The molecule has 14 heavy (non-hydrogen) atoms. The Morgan fingerprint density at radius 3 is 2.79 bits per heavy atom. The fourth-order valence-electron chi connectivity index (χ4n) is 0.876. The van der Waals surface area contributed by atoms with Crippen LogP contribution in [-0.4, -0.2) is 32.2 Å². The highest BCUT2D eigenvalue weighted by atomic mass is 16.5. The number of amides is 1. The highest BCUT2D eigenvalue weighted by Gasteiger charge is 2.08. The van der Waals surface area contributed by atoms with Gasteiger partial charge in [-0.1, -0.05) is 20.3 Å². The van der Waals surface area contributed by atoms with E-state index >= 15 is 0 Å². The zero-order valence-corrected chi connectivity index (χ0v) is 9.21. The van der Waals surface area contributed by atoms with Gasteiger partial charge in [0.15, 0.2) is 0 Å². The van der Waals surface area contributed by atoms with Gasteiger partial charge in [-0.25, -0.2) is 0 Å².